The average molecular weight is 494 g/mol. The Labute approximate surface area is 212 Å². The van der Waals surface area contributed by atoms with E-state index >= 15 is 0 Å². The molecule has 2 aliphatic heterocycles. The molecular formula is C28H35N3O5. The number of rotatable bonds is 7. The van der Waals surface area contributed by atoms with Gasteiger partial charge in [-0.3, -0.25) is 14.4 Å². The zero-order chi connectivity index (χ0) is 25.5. The highest BCUT2D eigenvalue weighted by atomic mass is 16.5. The molecule has 0 radical (unpaired) electrons. The number of benzene rings is 2. The standard InChI is InChI=1S/C28H35N3O5/c1-35-23-10-6-21(7-11-23)26(32)29-25(28(34)30-16-4-3-5-17-30)20-14-18-31(19-15-20)27(33)22-8-12-24(36-2)13-9-22/h6-13,20,25H,3-5,14-19H2,1-2H3,(H,29,32). The molecule has 2 heterocycles. The Kier molecular flexibility index (Phi) is 8.46. The summed E-state index contributed by atoms with van der Waals surface area (Å²) in [4.78, 5) is 43.4. The molecule has 1 atom stereocenters. The predicted octanol–water partition coefficient (Wildman–Crippen LogP) is 3.37. The molecule has 4 rings (SSSR count). The first-order valence-electron chi connectivity index (χ1n) is 12.7. The van der Waals surface area contributed by atoms with Gasteiger partial charge in [0.2, 0.25) is 5.91 Å². The highest BCUT2D eigenvalue weighted by Gasteiger charge is 2.36. The molecular weight excluding hydrogens is 458 g/mol. The number of amides is 3. The van der Waals surface area contributed by atoms with Gasteiger partial charge in [0.1, 0.15) is 17.5 Å². The zero-order valence-electron chi connectivity index (χ0n) is 21.1. The summed E-state index contributed by atoms with van der Waals surface area (Å²) in [5.41, 5.74) is 1.10. The number of nitrogens with one attached hydrogen (secondary N) is 1. The summed E-state index contributed by atoms with van der Waals surface area (Å²) in [7, 11) is 3.17. The van der Waals surface area contributed by atoms with E-state index in [-0.39, 0.29) is 23.6 Å². The maximum atomic E-state index is 13.6. The Bertz CT molecular complexity index is 1040. The fourth-order valence-electron chi connectivity index (χ4n) is 5.01. The molecule has 0 aromatic heterocycles. The van der Waals surface area contributed by atoms with Crippen molar-refractivity contribution in [3.8, 4) is 11.5 Å². The summed E-state index contributed by atoms with van der Waals surface area (Å²) in [5, 5.41) is 3.04. The van der Waals surface area contributed by atoms with E-state index in [4.69, 9.17) is 9.47 Å². The average Bonchev–Trinajstić information content (AvgIpc) is 2.95. The molecule has 1 N–H and O–H groups in total. The fourth-order valence-corrected chi connectivity index (χ4v) is 5.01. The van der Waals surface area contributed by atoms with Gasteiger partial charge < -0.3 is 24.6 Å². The lowest BCUT2D eigenvalue weighted by atomic mass is 9.87. The van der Waals surface area contributed by atoms with E-state index in [9.17, 15) is 14.4 Å². The van der Waals surface area contributed by atoms with E-state index in [0.717, 1.165) is 32.4 Å². The predicted molar refractivity (Wildman–Crippen MR) is 136 cm³/mol. The zero-order valence-corrected chi connectivity index (χ0v) is 21.1. The number of carbonyl (C=O) groups is 3. The van der Waals surface area contributed by atoms with E-state index in [1.54, 1.807) is 62.8 Å². The lowest BCUT2D eigenvalue weighted by molar-refractivity contribution is -0.136. The van der Waals surface area contributed by atoms with Gasteiger partial charge in [-0.05, 0) is 86.6 Å². The molecule has 0 saturated carbocycles. The number of hydrogen-bond acceptors (Lipinski definition) is 5. The minimum atomic E-state index is -0.615. The summed E-state index contributed by atoms with van der Waals surface area (Å²) in [6.07, 6.45) is 4.39. The molecule has 2 aromatic rings. The Balaban J connectivity index is 1.44. The lowest BCUT2D eigenvalue weighted by Gasteiger charge is -2.38. The molecule has 2 saturated heterocycles. The minimum absolute atomic E-state index is 0.0171. The highest BCUT2D eigenvalue weighted by molar-refractivity contribution is 5.98. The van der Waals surface area contributed by atoms with Gasteiger partial charge in [-0.15, -0.1) is 0 Å². The molecule has 0 aliphatic carbocycles. The van der Waals surface area contributed by atoms with Gasteiger partial charge >= 0.3 is 0 Å². The van der Waals surface area contributed by atoms with Crippen LogP contribution in [0.2, 0.25) is 0 Å². The van der Waals surface area contributed by atoms with Crippen LogP contribution < -0.4 is 14.8 Å². The second-order valence-corrected chi connectivity index (χ2v) is 9.42. The highest BCUT2D eigenvalue weighted by Crippen LogP contribution is 2.25. The van der Waals surface area contributed by atoms with Crippen molar-refractivity contribution in [2.75, 3.05) is 40.4 Å². The van der Waals surface area contributed by atoms with Crippen molar-refractivity contribution in [2.45, 2.75) is 38.1 Å². The molecule has 192 valence electrons. The third-order valence-electron chi connectivity index (χ3n) is 7.21. The lowest BCUT2D eigenvalue weighted by Crippen LogP contribution is -2.55. The maximum absolute atomic E-state index is 13.6. The van der Waals surface area contributed by atoms with Crippen molar-refractivity contribution in [3.63, 3.8) is 0 Å². The third kappa shape index (κ3) is 5.98. The van der Waals surface area contributed by atoms with E-state index in [1.165, 1.54) is 0 Å². The van der Waals surface area contributed by atoms with Crippen LogP contribution in [0.25, 0.3) is 0 Å². The Morgan fingerprint density at radius 3 is 1.81 bits per heavy atom. The van der Waals surface area contributed by atoms with E-state index in [1.807, 2.05) is 9.80 Å². The van der Waals surface area contributed by atoms with Crippen molar-refractivity contribution >= 4 is 17.7 Å². The molecule has 2 aromatic carbocycles. The first kappa shape index (κ1) is 25.5. The van der Waals surface area contributed by atoms with Gasteiger partial charge in [0.15, 0.2) is 0 Å². The van der Waals surface area contributed by atoms with Crippen molar-refractivity contribution in [3.05, 3.63) is 59.7 Å². The van der Waals surface area contributed by atoms with Gasteiger partial charge in [-0.25, -0.2) is 0 Å². The monoisotopic (exact) mass is 493 g/mol. The van der Waals surface area contributed by atoms with Crippen molar-refractivity contribution in [2.24, 2.45) is 5.92 Å². The first-order chi connectivity index (χ1) is 17.5. The van der Waals surface area contributed by atoms with Crippen LogP contribution in [0.15, 0.2) is 48.5 Å². The van der Waals surface area contributed by atoms with Crippen LogP contribution in [-0.4, -0.2) is 74.0 Å². The quantitative estimate of drug-likeness (QED) is 0.639. The molecule has 0 bridgehead atoms. The molecule has 3 amide bonds. The number of likely N-dealkylation sites (tertiary alicyclic amines) is 2. The second kappa shape index (κ2) is 11.9. The van der Waals surface area contributed by atoms with Crippen molar-refractivity contribution in [1.82, 2.24) is 15.1 Å². The molecule has 8 nitrogen and oxygen atoms in total. The summed E-state index contributed by atoms with van der Waals surface area (Å²) in [5.74, 6) is 1.01. The van der Waals surface area contributed by atoms with Crippen LogP contribution in [-0.2, 0) is 4.79 Å². The van der Waals surface area contributed by atoms with Gasteiger partial charge in [-0.1, -0.05) is 0 Å². The van der Waals surface area contributed by atoms with Gasteiger partial charge in [0.05, 0.1) is 14.2 Å². The number of piperidine rings is 2. The smallest absolute Gasteiger partial charge is 0.253 e. The van der Waals surface area contributed by atoms with E-state index in [0.29, 0.717) is 48.6 Å². The summed E-state index contributed by atoms with van der Waals surface area (Å²) >= 11 is 0. The first-order valence-corrected chi connectivity index (χ1v) is 12.7. The van der Waals surface area contributed by atoms with Crippen molar-refractivity contribution < 1.29 is 23.9 Å². The van der Waals surface area contributed by atoms with Crippen LogP contribution in [0.4, 0.5) is 0 Å². The number of ether oxygens (including phenoxy) is 2. The summed E-state index contributed by atoms with van der Waals surface area (Å²) < 4.78 is 10.4. The molecule has 0 spiro atoms. The summed E-state index contributed by atoms with van der Waals surface area (Å²) in [6.45, 7) is 2.53. The largest absolute Gasteiger partial charge is 0.497 e. The number of nitrogens with zero attached hydrogens (tertiary/aromatic N) is 2. The normalized spacial score (nSPS) is 17.3. The molecule has 2 fully saturated rings. The second-order valence-electron chi connectivity index (χ2n) is 9.42. The molecule has 1 unspecified atom stereocenters. The number of methoxy groups -OCH3 is 2. The topological polar surface area (TPSA) is 88.2 Å². The maximum Gasteiger partial charge on any atom is 0.253 e. The number of carbonyl (C=O) groups excluding carboxylic acids is 3. The molecule has 8 heteroatoms. The minimum Gasteiger partial charge on any atom is -0.497 e. The van der Waals surface area contributed by atoms with Crippen LogP contribution in [0.3, 0.4) is 0 Å². The van der Waals surface area contributed by atoms with Crippen LogP contribution in [0.1, 0.15) is 52.8 Å². The SMILES string of the molecule is COc1ccc(C(=O)NC(C(=O)N2CCCCC2)C2CCN(C(=O)c3ccc(OC)cc3)CC2)cc1. The molecule has 2 aliphatic rings. The van der Waals surface area contributed by atoms with Crippen LogP contribution in [0, 0.1) is 5.92 Å². The Hall–Kier alpha value is -3.55. The Morgan fingerprint density at radius 2 is 1.28 bits per heavy atom. The Morgan fingerprint density at radius 1 is 0.750 bits per heavy atom. The van der Waals surface area contributed by atoms with Crippen molar-refractivity contribution in [1.29, 1.82) is 0 Å². The van der Waals surface area contributed by atoms with E-state index < -0.39 is 6.04 Å². The van der Waals surface area contributed by atoms with Gasteiger partial charge in [0, 0.05) is 37.3 Å². The fraction of sp³-hybridized carbons (Fsp3) is 0.464. The third-order valence-corrected chi connectivity index (χ3v) is 7.21. The van der Waals surface area contributed by atoms with Crippen LogP contribution in [0.5, 0.6) is 11.5 Å². The van der Waals surface area contributed by atoms with E-state index in [2.05, 4.69) is 5.32 Å². The summed E-state index contributed by atoms with van der Waals surface area (Å²) in [6, 6.07) is 13.4. The van der Waals surface area contributed by atoms with Gasteiger partial charge in [-0.2, -0.15) is 0 Å². The number of hydrogen-bond donors (Lipinski definition) is 1. The van der Waals surface area contributed by atoms with Crippen LogP contribution >= 0.6 is 0 Å². The van der Waals surface area contributed by atoms with Gasteiger partial charge in [0.25, 0.3) is 11.8 Å². The molecule has 36 heavy (non-hydrogen) atoms.